The molecule has 0 amide bonds. The summed E-state index contributed by atoms with van der Waals surface area (Å²) in [6.07, 6.45) is 94.2. The van der Waals surface area contributed by atoms with Crippen molar-refractivity contribution in [2.24, 2.45) is 178 Å². The summed E-state index contributed by atoms with van der Waals surface area (Å²) in [6.45, 7) is 0. The normalized spacial score (nSPS) is 46.5. The van der Waals surface area contributed by atoms with Crippen LogP contribution in [0.15, 0.2) is 0 Å². The van der Waals surface area contributed by atoms with Crippen LogP contribution < -0.4 is 0 Å². The molecule has 0 N–H and O–H groups in total. The van der Waals surface area contributed by atoms with Gasteiger partial charge in [-0.15, -0.1) is 0 Å². The molecule has 16 aliphatic carbocycles. The van der Waals surface area contributed by atoms with Crippen LogP contribution in [0.3, 0.4) is 0 Å². The van der Waals surface area contributed by atoms with Gasteiger partial charge < -0.3 is 0 Å². The second-order valence-electron chi connectivity index (χ2n) is 38.5. The van der Waals surface area contributed by atoms with E-state index in [0.717, 1.165) is 178 Å². The Hall–Kier alpha value is 0. The molecule has 16 aliphatic rings. The van der Waals surface area contributed by atoms with E-state index in [2.05, 4.69) is 0 Å². The molecule has 16 atom stereocenters. The molecule has 498 valence electrons. The first-order valence-corrected chi connectivity index (χ1v) is 43.8. The van der Waals surface area contributed by atoms with E-state index < -0.39 is 0 Å². The average Bonchev–Trinajstić information content (AvgIpc) is 0.769. The Balaban J connectivity index is 0.823. The summed E-state index contributed by atoms with van der Waals surface area (Å²) in [6, 6.07) is 0. The van der Waals surface area contributed by atoms with Gasteiger partial charge in [0.15, 0.2) is 0 Å². The standard InChI is InChI=1S/C88H146/c1-11-31-59(32-12-1)77-79(61-35-15-3-16-36-61)83(65-43-23-7-24-44-65)87(84(66-45-25-8-26-46-66)80(77)62-37-17-4-18-38-62)73-57-53-69-52-56-72-74(58-54-70-51-55-71(73)75(69)76(70)72)88-85(67-47-27-9-28-48-67)81(63-39-19-5-20-40-63)78(60-33-13-2-14-34-60)82(64-41-21-6-22-42-64)86(88)68-49-29-10-30-50-68/h59-88H,1-58H2. The fourth-order valence-electron chi connectivity index (χ4n) is 33.0. The lowest BCUT2D eigenvalue weighted by Gasteiger charge is -2.69. The van der Waals surface area contributed by atoms with Crippen molar-refractivity contribution < 1.29 is 0 Å². The topological polar surface area (TPSA) is 0 Å². The zero-order valence-electron chi connectivity index (χ0n) is 58.3. The summed E-state index contributed by atoms with van der Waals surface area (Å²) in [5, 5.41) is 0. The summed E-state index contributed by atoms with van der Waals surface area (Å²) in [5.41, 5.74) is 0. The van der Waals surface area contributed by atoms with Crippen LogP contribution in [-0.2, 0) is 0 Å². The molecule has 0 nitrogen and oxygen atoms in total. The second-order valence-corrected chi connectivity index (χ2v) is 38.5. The lowest BCUT2D eigenvalue weighted by Crippen LogP contribution is -2.63. The fraction of sp³-hybridized carbons (Fsp3) is 1.00. The zero-order valence-corrected chi connectivity index (χ0v) is 58.3. The summed E-state index contributed by atoms with van der Waals surface area (Å²) >= 11 is 0. The van der Waals surface area contributed by atoms with Crippen molar-refractivity contribution in [2.45, 2.75) is 372 Å². The summed E-state index contributed by atoms with van der Waals surface area (Å²) in [5.74, 6) is 32.8. The summed E-state index contributed by atoms with van der Waals surface area (Å²) < 4.78 is 0. The van der Waals surface area contributed by atoms with Gasteiger partial charge in [-0.2, -0.15) is 0 Å². The van der Waals surface area contributed by atoms with Crippen molar-refractivity contribution in [3.05, 3.63) is 0 Å². The van der Waals surface area contributed by atoms with Gasteiger partial charge in [0.25, 0.3) is 0 Å². The maximum atomic E-state index is 1.71. The van der Waals surface area contributed by atoms with Gasteiger partial charge in [0.1, 0.15) is 0 Å². The van der Waals surface area contributed by atoms with Crippen LogP contribution in [0, 0.1) is 178 Å². The number of hydrogen-bond donors (Lipinski definition) is 0. The largest absolute Gasteiger partial charge is 0.0533 e. The molecule has 16 unspecified atom stereocenters. The summed E-state index contributed by atoms with van der Waals surface area (Å²) in [4.78, 5) is 0. The Morgan fingerprint density at radius 1 is 0.0795 bits per heavy atom. The van der Waals surface area contributed by atoms with Crippen molar-refractivity contribution in [1.29, 1.82) is 0 Å². The molecule has 0 aliphatic heterocycles. The molecule has 0 aromatic heterocycles. The van der Waals surface area contributed by atoms with Gasteiger partial charge in [-0.3, -0.25) is 0 Å². The molecule has 0 spiro atoms. The van der Waals surface area contributed by atoms with E-state index >= 15 is 0 Å². The number of rotatable bonds is 12. The van der Waals surface area contributed by atoms with Crippen LogP contribution in [0.4, 0.5) is 0 Å². The van der Waals surface area contributed by atoms with Crippen molar-refractivity contribution >= 4 is 0 Å². The monoisotopic (exact) mass is 1200 g/mol. The third kappa shape index (κ3) is 12.4. The molecule has 0 heteroatoms. The molecule has 0 heterocycles. The van der Waals surface area contributed by atoms with E-state index in [1.54, 1.807) is 372 Å². The second kappa shape index (κ2) is 29.4. The first-order chi connectivity index (χ1) is 43.8. The van der Waals surface area contributed by atoms with Crippen LogP contribution in [0.2, 0.25) is 0 Å². The van der Waals surface area contributed by atoms with E-state index in [9.17, 15) is 0 Å². The van der Waals surface area contributed by atoms with Gasteiger partial charge in [0, 0.05) is 0 Å². The Morgan fingerprint density at radius 2 is 0.193 bits per heavy atom. The molecule has 0 aromatic rings. The Labute approximate surface area is 546 Å². The molecule has 16 rings (SSSR count). The molecule has 16 saturated carbocycles. The molecule has 0 aromatic carbocycles. The SMILES string of the molecule is C1CCC(C2C(C3CCCCC3)C(C3CCCCC3)C(C3CCC4CCC5C(C6C(C7CCCCC7)C(C7CCCCC7)C(C7CCCCC7)C(C7CCCCC7)C6C6CCCCC6)CCC6CCC3C4C65)C(C3CCCCC3)C2C2CCCCC2)CC1. The minimum absolute atomic E-state index is 1.08. The van der Waals surface area contributed by atoms with Gasteiger partial charge in [-0.1, -0.05) is 321 Å². The maximum Gasteiger partial charge on any atom is -0.0315 e. The predicted molar refractivity (Wildman–Crippen MR) is 372 cm³/mol. The third-order valence-electron chi connectivity index (χ3n) is 35.4. The van der Waals surface area contributed by atoms with Crippen LogP contribution >= 0.6 is 0 Å². The first-order valence-electron chi connectivity index (χ1n) is 43.8. The van der Waals surface area contributed by atoms with Crippen molar-refractivity contribution in [1.82, 2.24) is 0 Å². The number of hydrogen-bond acceptors (Lipinski definition) is 0. The van der Waals surface area contributed by atoms with Gasteiger partial charge >= 0.3 is 0 Å². The lowest BCUT2D eigenvalue weighted by molar-refractivity contribution is -0.207. The van der Waals surface area contributed by atoms with Crippen LogP contribution in [0.1, 0.15) is 372 Å². The quantitative estimate of drug-likeness (QED) is 0.183. The van der Waals surface area contributed by atoms with Crippen LogP contribution in [0.25, 0.3) is 0 Å². The third-order valence-corrected chi connectivity index (χ3v) is 35.4. The predicted octanol–water partition coefficient (Wildman–Crippen LogP) is 26.3. The van der Waals surface area contributed by atoms with Crippen LogP contribution in [0.5, 0.6) is 0 Å². The molecular weight excluding hydrogens is 1060 g/mol. The molecule has 0 radical (unpaired) electrons. The van der Waals surface area contributed by atoms with E-state index in [1.165, 1.54) is 0 Å². The zero-order chi connectivity index (χ0) is 58.3. The molecule has 16 fully saturated rings. The molecular formula is C88H146. The fourth-order valence-corrected chi connectivity index (χ4v) is 33.0. The smallest absolute Gasteiger partial charge is 0.0315 e. The Bertz CT molecular complexity index is 1830. The Morgan fingerprint density at radius 3 is 0.341 bits per heavy atom. The lowest BCUT2D eigenvalue weighted by atomic mass is 9.36. The van der Waals surface area contributed by atoms with E-state index in [4.69, 9.17) is 0 Å². The van der Waals surface area contributed by atoms with E-state index in [0.29, 0.717) is 0 Å². The van der Waals surface area contributed by atoms with Crippen molar-refractivity contribution in [3.8, 4) is 0 Å². The van der Waals surface area contributed by atoms with Crippen molar-refractivity contribution in [3.63, 3.8) is 0 Å². The van der Waals surface area contributed by atoms with Gasteiger partial charge in [0.05, 0.1) is 0 Å². The van der Waals surface area contributed by atoms with Gasteiger partial charge in [-0.25, -0.2) is 0 Å². The summed E-state index contributed by atoms with van der Waals surface area (Å²) in [7, 11) is 0. The average molecular weight is 1200 g/mol. The Kier molecular flexibility index (Phi) is 21.0. The van der Waals surface area contributed by atoms with Gasteiger partial charge in [0.2, 0.25) is 0 Å². The highest BCUT2D eigenvalue weighted by Gasteiger charge is 2.67. The highest BCUT2D eigenvalue weighted by molar-refractivity contribution is 5.15. The maximum absolute atomic E-state index is 1.71. The van der Waals surface area contributed by atoms with E-state index in [-0.39, 0.29) is 0 Å². The highest BCUT2D eigenvalue weighted by atomic mass is 14.7. The molecule has 88 heavy (non-hydrogen) atoms. The molecule has 0 bridgehead atoms. The van der Waals surface area contributed by atoms with Gasteiger partial charge in [-0.05, 0) is 229 Å². The first kappa shape index (κ1) is 62.8. The minimum atomic E-state index is 1.08. The molecule has 0 saturated heterocycles. The minimum Gasteiger partial charge on any atom is -0.0533 e. The van der Waals surface area contributed by atoms with Crippen molar-refractivity contribution in [2.75, 3.05) is 0 Å². The van der Waals surface area contributed by atoms with Crippen LogP contribution in [-0.4, -0.2) is 0 Å². The van der Waals surface area contributed by atoms with E-state index in [1.807, 2.05) is 0 Å². The highest BCUT2D eigenvalue weighted by Crippen LogP contribution is 2.74.